The quantitative estimate of drug-likeness (QED) is 0.447. The highest BCUT2D eigenvalue weighted by Crippen LogP contribution is 2.33. The molecule has 8 nitrogen and oxygen atoms in total. The topological polar surface area (TPSA) is 101 Å². The Bertz CT molecular complexity index is 1110. The minimum atomic E-state index is -0.464. The van der Waals surface area contributed by atoms with E-state index in [1.807, 2.05) is 35.9 Å². The van der Waals surface area contributed by atoms with Gasteiger partial charge in [0.25, 0.3) is 5.91 Å². The number of pyridine rings is 1. The first kappa shape index (κ1) is 21.2. The van der Waals surface area contributed by atoms with Gasteiger partial charge < -0.3 is 14.6 Å². The molecule has 1 saturated heterocycles. The van der Waals surface area contributed by atoms with E-state index in [1.54, 1.807) is 29.1 Å². The summed E-state index contributed by atoms with van der Waals surface area (Å²) in [6.45, 7) is 2.73. The zero-order valence-electron chi connectivity index (χ0n) is 17.3. The molecule has 1 N–H and O–H groups in total. The summed E-state index contributed by atoms with van der Waals surface area (Å²) in [5, 5.41) is 18.4. The third-order valence-corrected chi connectivity index (χ3v) is 6.39. The normalized spacial score (nSPS) is 14.9. The number of nitrogens with zero attached hydrogens (tertiary/aromatic N) is 5. The molecular formula is C22H23N5O3S. The minimum absolute atomic E-state index is 0.143. The molecule has 1 amide bonds. The summed E-state index contributed by atoms with van der Waals surface area (Å²) in [5.41, 5.74) is 2.65. The largest absolute Gasteiger partial charge is 0.389 e. The van der Waals surface area contributed by atoms with Gasteiger partial charge in [0.15, 0.2) is 10.9 Å². The molecule has 1 atom stereocenters. The number of aliphatic hydroxyl groups is 1. The second kappa shape index (κ2) is 8.99. The van der Waals surface area contributed by atoms with Gasteiger partial charge in [-0.15, -0.1) is 10.2 Å². The van der Waals surface area contributed by atoms with Gasteiger partial charge in [0, 0.05) is 43.6 Å². The van der Waals surface area contributed by atoms with Gasteiger partial charge in [0.2, 0.25) is 0 Å². The zero-order valence-corrected chi connectivity index (χ0v) is 18.1. The third-order valence-electron chi connectivity index (χ3n) is 5.18. The van der Waals surface area contributed by atoms with E-state index in [1.165, 1.54) is 12.3 Å². The van der Waals surface area contributed by atoms with Crippen LogP contribution in [0.1, 0.15) is 44.1 Å². The number of hydrogen-bond donors (Lipinski definition) is 1. The lowest BCUT2D eigenvalue weighted by Crippen LogP contribution is -2.53. The average molecular weight is 438 g/mol. The first-order valence-electron chi connectivity index (χ1n) is 9.97. The maximum Gasteiger partial charge on any atom is 0.254 e. The first-order chi connectivity index (χ1) is 14.9. The van der Waals surface area contributed by atoms with Gasteiger partial charge in [-0.05, 0) is 30.2 Å². The van der Waals surface area contributed by atoms with Gasteiger partial charge >= 0.3 is 0 Å². The number of likely N-dealkylation sites (tertiary alicyclic amines) is 1. The second-order valence-corrected chi connectivity index (χ2v) is 8.93. The van der Waals surface area contributed by atoms with Crippen molar-refractivity contribution < 1.29 is 14.7 Å². The maximum absolute atomic E-state index is 12.8. The Hall–Kier alpha value is -3.04. The molecule has 160 valence electrons. The lowest BCUT2D eigenvalue weighted by atomic mass is 10.0. The summed E-state index contributed by atoms with van der Waals surface area (Å²) in [6.07, 6.45) is 2.88. The number of aliphatic hydroxyl groups excluding tert-OH is 1. The van der Waals surface area contributed by atoms with E-state index in [2.05, 4.69) is 22.1 Å². The van der Waals surface area contributed by atoms with Crippen molar-refractivity contribution >= 4 is 23.5 Å². The van der Waals surface area contributed by atoms with Gasteiger partial charge in [0.05, 0.1) is 6.10 Å². The molecule has 0 aliphatic carbocycles. The number of carbonyl (C=O) groups is 2. The first-order valence-corrected chi connectivity index (χ1v) is 10.8. The molecule has 1 aliphatic heterocycles. The van der Waals surface area contributed by atoms with Gasteiger partial charge in [-0.25, -0.2) is 0 Å². The lowest BCUT2D eigenvalue weighted by molar-refractivity contribution is 0.00588. The van der Waals surface area contributed by atoms with E-state index < -0.39 is 6.10 Å². The van der Waals surface area contributed by atoms with Crippen molar-refractivity contribution in [1.29, 1.82) is 0 Å². The highest BCUT2D eigenvalue weighted by atomic mass is 32.2. The molecule has 1 aliphatic rings. The highest BCUT2D eigenvalue weighted by molar-refractivity contribution is 7.99. The van der Waals surface area contributed by atoms with Crippen LogP contribution in [0.4, 0.5) is 0 Å². The molecule has 3 aromatic rings. The number of thioether (sulfide) groups is 1. The van der Waals surface area contributed by atoms with E-state index >= 15 is 0 Å². The third kappa shape index (κ3) is 4.83. The monoisotopic (exact) mass is 437 g/mol. The van der Waals surface area contributed by atoms with E-state index in [9.17, 15) is 14.7 Å². The summed E-state index contributed by atoms with van der Waals surface area (Å²) in [5.74, 6) is -0.345. The molecule has 0 unspecified atom stereocenters. The number of amides is 1. The van der Waals surface area contributed by atoms with Crippen LogP contribution >= 0.6 is 11.8 Å². The fourth-order valence-corrected chi connectivity index (χ4v) is 4.26. The van der Waals surface area contributed by atoms with Crippen molar-refractivity contribution in [2.75, 3.05) is 13.1 Å². The molecule has 31 heavy (non-hydrogen) atoms. The molecule has 0 saturated carbocycles. The molecule has 0 spiro atoms. The highest BCUT2D eigenvalue weighted by Gasteiger charge is 2.29. The second-order valence-electron chi connectivity index (χ2n) is 7.62. The lowest BCUT2D eigenvalue weighted by Gasteiger charge is -2.35. The van der Waals surface area contributed by atoms with E-state index in [0.717, 1.165) is 16.3 Å². The van der Waals surface area contributed by atoms with E-state index in [4.69, 9.17) is 0 Å². The number of aromatic nitrogens is 4. The van der Waals surface area contributed by atoms with E-state index in [-0.39, 0.29) is 29.1 Å². The van der Waals surface area contributed by atoms with Crippen molar-refractivity contribution in [3.05, 3.63) is 71.3 Å². The fraction of sp³-hybridized carbons (Fsp3) is 0.318. The summed E-state index contributed by atoms with van der Waals surface area (Å²) < 4.78 is 1.87. The van der Waals surface area contributed by atoms with Crippen LogP contribution in [-0.2, 0) is 13.5 Å². The van der Waals surface area contributed by atoms with Gasteiger partial charge in [-0.1, -0.05) is 36.0 Å². The Labute approximate surface area is 184 Å². The smallest absolute Gasteiger partial charge is 0.254 e. The van der Waals surface area contributed by atoms with Crippen LogP contribution in [0, 0.1) is 0 Å². The number of aryl methyl sites for hydroxylation is 1. The number of benzene rings is 1. The molecule has 0 radical (unpaired) electrons. The molecule has 1 aromatic carbocycles. The number of β-amino-alcohol motifs (C(OH)–C–C–N with tert-alkyl or cyclic N) is 1. The molecule has 1 fully saturated rings. The SMILES string of the molecule is C[C@H](Sc1nncn1C)c1cccc(CC(=O)c2cc(C(=O)N3CC(O)C3)ccn2)c1. The van der Waals surface area contributed by atoms with Gasteiger partial charge in [0.1, 0.15) is 12.0 Å². The van der Waals surface area contributed by atoms with E-state index in [0.29, 0.717) is 18.7 Å². The van der Waals surface area contributed by atoms with Crippen LogP contribution in [-0.4, -0.2) is 60.6 Å². The Kier molecular flexibility index (Phi) is 6.15. The Morgan fingerprint density at radius 1 is 1.26 bits per heavy atom. The van der Waals surface area contributed by atoms with Crippen LogP contribution in [0.5, 0.6) is 0 Å². The number of carbonyl (C=O) groups excluding carboxylic acids is 2. The number of hydrogen-bond acceptors (Lipinski definition) is 7. The predicted molar refractivity (Wildman–Crippen MR) is 116 cm³/mol. The fourth-order valence-electron chi connectivity index (χ4n) is 3.36. The van der Waals surface area contributed by atoms with Crippen molar-refractivity contribution in [2.45, 2.75) is 29.9 Å². The Balaban J connectivity index is 1.44. The van der Waals surface area contributed by atoms with Crippen molar-refractivity contribution in [1.82, 2.24) is 24.6 Å². The van der Waals surface area contributed by atoms with Crippen LogP contribution < -0.4 is 0 Å². The summed E-state index contributed by atoms with van der Waals surface area (Å²) >= 11 is 1.60. The number of ketones is 1. The van der Waals surface area contributed by atoms with Crippen LogP contribution in [0.15, 0.2) is 54.1 Å². The maximum atomic E-state index is 12.8. The Morgan fingerprint density at radius 3 is 2.77 bits per heavy atom. The van der Waals surface area contributed by atoms with Crippen LogP contribution in [0.2, 0.25) is 0 Å². The standard InChI is InChI=1S/C22H23N5O3S/c1-14(31-22-25-24-13-26(22)2)16-5-3-4-15(8-16)9-20(29)19-10-17(6-7-23-19)21(30)27-11-18(28)12-27/h3-8,10,13-14,18,28H,9,11-12H2,1-2H3/t14-/m0/s1. The molecule has 0 bridgehead atoms. The van der Waals surface area contributed by atoms with Gasteiger partial charge in [-0.2, -0.15) is 0 Å². The molecule has 9 heteroatoms. The predicted octanol–water partition coefficient (Wildman–Crippen LogP) is 2.31. The summed E-state index contributed by atoms with van der Waals surface area (Å²) in [4.78, 5) is 31.0. The molecular weight excluding hydrogens is 414 g/mol. The summed E-state index contributed by atoms with van der Waals surface area (Å²) in [6, 6.07) is 11.0. The average Bonchev–Trinajstić information content (AvgIpc) is 3.15. The number of Topliss-reactive ketones (excluding diaryl/α,β-unsaturated/α-hetero) is 1. The minimum Gasteiger partial charge on any atom is -0.389 e. The van der Waals surface area contributed by atoms with Crippen molar-refractivity contribution in [3.63, 3.8) is 0 Å². The molecule has 4 rings (SSSR count). The van der Waals surface area contributed by atoms with Crippen molar-refractivity contribution in [3.8, 4) is 0 Å². The van der Waals surface area contributed by atoms with Crippen LogP contribution in [0.3, 0.4) is 0 Å². The molecule has 2 aromatic heterocycles. The van der Waals surface area contributed by atoms with Crippen molar-refractivity contribution in [2.24, 2.45) is 7.05 Å². The van der Waals surface area contributed by atoms with Crippen LogP contribution in [0.25, 0.3) is 0 Å². The summed E-state index contributed by atoms with van der Waals surface area (Å²) in [7, 11) is 1.90. The Morgan fingerprint density at radius 2 is 2.06 bits per heavy atom. The molecule has 3 heterocycles. The van der Waals surface area contributed by atoms with Gasteiger partial charge in [-0.3, -0.25) is 14.6 Å². The zero-order chi connectivity index (χ0) is 22.0. The number of rotatable bonds is 7.